The molecule has 4 rings (SSSR count). The molecule has 0 saturated carbocycles. The van der Waals surface area contributed by atoms with E-state index in [9.17, 15) is 4.79 Å². The van der Waals surface area contributed by atoms with Gasteiger partial charge in [0.1, 0.15) is 0 Å². The van der Waals surface area contributed by atoms with Crippen molar-refractivity contribution in [2.24, 2.45) is 0 Å². The minimum absolute atomic E-state index is 0.407. The molecule has 4 aromatic rings. The number of rotatable bonds is 10. The molecule has 0 spiro atoms. The fraction of sp³-hybridized carbons (Fsp3) is 0.222. The Hall–Kier alpha value is -3.29. The van der Waals surface area contributed by atoms with Crippen LogP contribution in [0.1, 0.15) is 24.5 Å². The van der Waals surface area contributed by atoms with Crippen LogP contribution in [0.4, 0.5) is 0 Å². The van der Waals surface area contributed by atoms with Gasteiger partial charge >= 0.3 is 5.97 Å². The number of halogens is 1. The number of hydrogen-bond donors (Lipinski definition) is 0. The van der Waals surface area contributed by atoms with Gasteiger partial charge in [-0.15, -0.1) is 0 Å². The molecule has 0 aliphatic heterocycles. The lowest BCUT2D eigenvalue weighted by atomic mass is 10.1. The fourth-order valence-corrected chi connectivity index (χ4v) is 3.92. The highest BCUT2D eigenvalue weighted by atomic mass is 79.9. The van der Waals surface area contributed by atoms with Crippen molar-refractivity contribution in [3.05, 3.63) is 88.9 Å². The number of carbonyl (C=O) groups is 1. The number of hydrogen-bond acceptors (Lipinski definition) is 6. The molecule has 7 heteroatoms. The van der Waals surface area contributed by atoms with E-state index in [-0.39, 0.29) is 0 Å². The molecule has 0 amide bonds. The van der Waals surface area contributed by atoms with Gasteiger partial charge in [0.15, 0.2) is 11.9 Å². The van der Waals surface area contributed by atoms with Gasteiger partial charge in [-0.1, -0.05) is 70.5 Å². The molecular weight excluding hydrogens is 496 g/mol. The van der Waals surface area contributed by atoms with Crippen LogP contribution in [-0.4, -0.2) is 36.3 Å². The van der Waals surface area contributed by atoms with Crippen LogP contribution in [0.15, 0.2) is 83.3 Å². The summed E-state index contributed by atoms with van der Waals surface area (Å²) in [6.07, 6.45) is 0.736. The summed E-state index contributed by atoms with van der Waals surface area (Å²) in [5.74, 6) is 0.760. The van der Waals surface area contributed by atoms with E-state index >= 15 is 0 Å². The van der Waals surface area contributed by atoms with Crippen LogP contribution in [0.2, 0.25) is 0 Å². The maximum absolute atomic E-state index is 12.1. The van der Waals surface area contributed by atoms with E-state index in [1.807, 2.05) is 78.9 Å². The van der Waals surface area contributed by atoms with Gasteiger partial charge < -0.3 is 14.2 Å². The first-order valence-electron chi connectivity index (χ1n) is 11.1. The van der Waals surface area contributed by atoms with Crippen LogP contribution in [0, 0.1) is 0 Å². The minimum Gasteiger partial charge on any atom is -0.477 e. The molecular formula is C27H25BrN2O4. The molecule has 1 heterocycles. The Morgan fingerprint density at radius 3 is 2.47 bits per heavy atom. The number of para-hydroxylation sites is 1. The number of aromatic nitrogens is 2. The molecule has 0 radical (unpaired) electrons. The summed E-state index contributed by atoms with van der Waals surface area (Å²) in [7, 11) is 1.36. The second-order valence-electron chi connectivity index (χ2n) is 7.62. The molecule has 34 heavy (non-hydrogen) atoms. The molecule has 0 aliphatic carbocycles. The van der Waals surface area contributed by atoms with Crippen molar-refractivity contribution in [3.8, 4) is 17.3 Å². The number of carbonyl (C=O) groups excluding carboxylic acids is 1. The van der Waals surface area contributed by atoms with E-state index in [1.165, 1.54) is 7.11 Å². The Morgan fingerprint density at radius 2 is 1.68 bits per heavy atom. The van der Waals surface area contributed by atoms with Crippen LogP contribution in [0.3, 0.4) is 0 Å². The maximum atomic E-state index is 12.1. The summed E-state index contributed by atoms with van der Waals surface area (Å²) < 4.78 is 17.7. The molecule has 0 bridgehead atoms. The van der Waals surface area contributed by atoms with Crippen LogP contribution in [-0.2, 0) is 14.3 Å². The highest BCUT2D eigenvalue weighted by molar-refractivity contribution is 9.10. The lowest BCUT2D eigenvalue weighted by molar-refractivity contribution is -0.154. The zero-order valence-corrected chi connectivity index (χ0v) is 20.4. The molecule has 0 aliphatic rings. The van der Waals surface area contributed by atoms with Gasteiger partial charge in [-0.25, -0.2) is 9.78 Å². The Balaban J connectivity index is 1.37. The van der Waals surface area contributed by atoms with Gasteiger partial charge in [0.25, 0.3) is 0 Å². The van der Waals surface area contributed by atoms with Gasteiger partial charge in [-0.2, -0.15) is 4.98 Å². The number of unbranched alkanes of at least 4 members (excludes halogenated alkanes) is 1. The van der Waals surface area contributed by atoms with Gasteiger partial charge in [0.2, 0.25) is 5.88 Å². The summed E-state index contributed by atoms with van der Waals surface area (Å²) >= 11 is 3.50. The second kappa shape index (κ2) is 11.7. The average Bonchev–Trinajstić information content (AvgIpc) is 2.88. The second-order valence-corrected chi connectivity index (χ2v) is 8.54. The molecule has 1 unspecified atom stereocenters. The van der Waals surface area contributed by atoms with Crippen LogP contribution < -0.4 is 4.74 Å². The first-order chi connectivity index (χ1) is 16.7. The molecule has 1 aromatic heterocycles. The Bertz CT molecular complexity index is 1250. The van der Waals surface area contributed by atoms with Crippen molar-refractivity contribution < 1.29 is 19.0 Å². The lowest BCUT2D eigenvalue weighted by Crippen LogP contribution is -2.18. The standard InChI is InChI=1S/C27H25BrN2O4/c1-32-27(31)24(19-10-3-2-4-11-19)33-16-7-8-17-34-26-22-14-5-6-15-23(22)29-25(30-26)20-12-9-13-21(28)18-20/h2-6,9-15,18,24H,7-8,16-17H2,1H3. The van der Waals surface area contributed by atoms with E-state index in [4.69, 9.17) is 19.2 Å². The summed E-state index contributed by atoms with van der Waals surface area (Å²) in [6, 6.07) is 25.0. The molecule has 174 valence electrons. The summed E-state index contributed by atoms with van der Waals surface area (Å²) in [5, 5.41) is 0.868. The lowest BCUT2D eigenvalue weighted by Gasteiger charge is -2.16. The predicted octanol–water partition coefficient (Wildman–Crippen LogP) is 6.15. The first-order valence-corrected chi connectivity index (χ1v) is 11.8. The number of benzene rings is 3. The average molecular weight is 521 g/mol. The van der Waals surface area contributed by atoms with E-state index in [0.29, 0.717) is 24.9 Å². The summed E-state index contributed by atoms with van der Waals surface area (Å²) in [5.41, 5.74) is 2.51. The quantitative estimate of drug-likeness (QED) is 0.184. The van der Waals surface area contributed by atoms with Gasteiger partial charge in [0.05, 0.1) is 24.6 Å². The third kappa shape index (κ3) is 5.98. The summed E-state index contributed by atoms with van der Waals surface area (Å²) in [4.78, 5) is 21.5. The van der Waals surface area contributed by atoms with E-state index in [1.54, 1.807) is 0 Å². The molecule has 1 atom stereocenters. The SMILES string of the molecule is COC(=O)C(OCCCCOc1nc(-c2cccc(Br)c2)nc2ccccc12)c1ccccc1. The highest BCUT2D eigenvalue weighted by Gasteiger charge is 2.21. The van der Waals surface area contributed by atoms with E-state index < -0.39 is 12.1 Å². The highest BCUT2D eigenvalue weighted by Crippen LogP contribution is 2.28. The van der Waals surface area contributed by atoms with Crippen molar-refractivity contribution in [1.29, 1.82) is 0 Å². The Labute approximate surface area is 207 Å². The topological polar surface area (TPSA) is 70.5 Å². The van der Waals surface area contributed by atoms with Gasteiger partial charge in [-0.3, -0.25) is 0 Å². The normalized spacial score (nSPS) is 11.8. The van der Waals surface area contributed by atoms with Crippen molar-refractivity contribution >= 4 is 32.8 Å². The third-order valence-electron chi connectivity index (χ3n) is 5.23. The third-order valence-corrected chi connectivity index (χ3v) is 5.72. The number of nitrogens with zero attached hydrogens (tertiary/aromatic N) is 2. The maximum Gasteiger partial charge on any atom is 0.339 e. The van der Waals surface area contributed by atoms with Gasteiger partial charge in [0, 0.05) is 16.6 Å². The zero-order valence-electron chi connectivity index (χ0n) is 18.8. The molecule has 0 saturated heterocycles. The molecule has 0 N–H and O–H groups in total. The summed E-state index contributed by atoms with van der Waals surface area (Å²) in [6.45, 7) is 0.877. The number of methoxy groups -OCH3 is 1. The number of esters is 1. The monoisotopic (exact) mass is 520 g/mol. The number of fused-ring (bicyclic) bond motifs is 1. The molecule has 3 aromatic carbocycles. The van der Waals surface area contributed by atoms with Crippen LogP contribution in [0.25, 0.3) is 22.3 Å². The number of ether oxygens (including phenoxy) is 3. The smallest absolute Gasteiger partial charge is 0.339 e. The van der Waals surface area contributed by atoms with Crippen molar-refractivity contribution in [2.45, 2.75) is 18.9 Å². The largest absolute Gasteiger partial charge is 0.477 e. The van der Waals surface area contributed by atoms with Crippen molar-refractivity contribution in [2.75, 3.05) is 20.3 Å². The van der Waals surface area contributed by atoms with Gasteiger partial charge in [-0.05, 0) is 42.7 Å². The van der Waals surface area contributed by atoms with E-state index in [0.717, 1.165) is 39.3 Å². The van der Waals surface area contributed by atoms with Crippen molar-refractivity contribution in [1.82, 2.24) is 9.97 Å². The zero-order chi connectivity index (χ0) is 23.8. The molecule has 6 nitrogen and oxygen atoms in total. The Morgan fingerprint density at radius 1 is 0.912 bits per heavy atom. The van der Waals surface area contributed by atoms with Crippen LogP contribution >= 0.6 is 15.9 Å². The van der Waals surface area contributed by atoms with Crippen molar-refractivity contribution in [3.63, 3.8) is 0 Å². The fourth-order valence-electron chi connectivity index (χ4n) is 3.52. The van der Waals surface area contributed by atoms with E-state index in [2.05, 4.69) is 20.9 Å². The first kappa shape index (κ1) is 23.9. The Kier molecular flexibility index (Phi) is 8.22. The minimum atomic E-state index is -0.731. The molecule has 0 fully saturated rings. The predicted molar refractivity (Wildman–Crippen MR) is 135 cm³/mol. The van der Waals surface area contributed by atoms with Crippen LogP contribution in [0.5, 0.6) is 5.88 Å².